The van der Waals surface area contributed by atoms with Gasteiger partial charge < -0.3 is 10.6 Å². The van der Waals surface area contributed by atoms with Gasteiger partial charge in [-0.15, -0.1) is 0 Å². The minimum atomic E-state index is -0.622. The zero-order chi connectivity index (χ0) is 21.6. The number of carbonyl (C=O) groups is 3. The van der Waals surface area contributed by atoms with Crippen LogP contribution < -0.4 is 5.73 Å². The van der Waals surface area contributed by atoms with E-state index in [1.165, 1.54) is 11.8 Å². The second-order valence-electron chi connectivity index (χ2n) is 7.95. The van der Waals surface area contributed by atoms with Gasteiger partial charge in [0.15, 0.2) is 0 Å². The van der Waals surface area contributed by atoms with Gasteiger partial charge >= 0.3 is 0 Å². The van der Waals surface area contributed by atoms with Gasteiger partial charge in [0.25, 0.3) is 0 Å². The molecule has 0 saturated carbocycles. The summed E-state index contributed by atoms with van der Waals surface area (Å²) < 4.78 is 0. The molecule has 4 rings (SSSR count). The summed E-state index contributed by atoms with van der Waals surface area (Å²) in [5.41, 5.74) is 7.76. The van der Waals surface area contributed by atoms with Crippen molar-refractivity contribution in [3.05, 3.63) is 71.3 Å². The molecule has 2 aliphatic heterocycles. The van der Waals surface area contributed by atoms with Crippen molar-refractivity contribution in [1.29, 1.82) is 5.41 Å². The van der Waals surface area contributed by atoms with E-state index in [0.717, 1.165) is 11.1 Å². The molecular weight excluding hydrogens is 380 g/mol. The second-order valence-corrected chi connectivity index (χ2v) is 7.95. The maximum absolute atomic E-state index is 13.4. The molecule has 7 heteroatoms. The third kappa shape index (κ3) is 3.07. The number of likely N-dealkylation sites (tertiary alicyclic amines) is 2. The number of imide groups is 1. The summed E-state index contributed by atoms with van der Waals surface area (Å²) in [5.74, 6) is -1.89. The molecule has 3 N–H and O–H groups in total. The molecule has 2 aromatic rings. The van der Waals surface area contributed by atoms with E-state index in [1.54, 1.807) is 29.2 Å². The van der Waals surface area contributed by atoms with E-state index < -0.39 is 17.9 Å². The maximum Gasteiger partial charge on any atom is 0.235 e. The van der Waals surface area contributed by atoms with Gasteiger partial charge in [0.2, 0.25) is 17.7 Å². The lowest BCUT2D eigenvalue weighted by Crippen LogP contribution is -2.42. The molecular formula is C23H24N4O3. The Morgan fingerprint density at radius 3 is 2.17 bits per heavy atom. The molecule has 0 aromatic heterocycles. The van der Waals surface area contributed by atoms with Gasteiger partial charge in [-0.05, 0) is 18.1 Å². The first kappa shape index (κ1) is 19.8. The van der Waals surface area contributed by atoms with Gasteiger partial charge in [0, 0.05) is 18.5 Å². The first-order chi connectivity index (χ1) is 14.3. The largest absolute Gasteiger partial charge is 0.384 e. The summed E-state index contributed by atoms with van der Waals surface area (Å²) in [5, 5.41) is 7.57. The van der Waals surface area contributed by atoms with Crippen molar-refractivity contribution in [1.82, 2.24) is 9.80 Å². The van der Waals surface area contributed by atoms with Crippen LogP contribution in [0.1, 0.15) is 36.6 Å². The predicted molar refractivity (Wildman–Crippen MR) is 111 cm³/mol. The predicted octanol–water partition coefficient (Wildman–Crippen LogP) is 2.06. The topological polar surface area (TPSA) is 108 Å². The van der Waals surface area contributed by atoms with Crippen LogP contribution in [0.5, 0.6) is 0 Å². The Balaban J connectivity index is 1.72. The first-order valence-corrected chi connectivity index (χ1v) is 9.93. The highest BCUT2D eigenvalue weighted by Gasteiger charge is 2.61. The van der Waals surface area contributed by atoms with Crippen molar-refractivity contribution in [3.8, 4) is 0 Å². The maximum atomic E-state index is 13.4. The van der Waals surface area contributed by atoms with E-state index in [2.05, 4.69) is 0 Å². The van der Waals surface area contributed by atoms with Gasteiger partial charge in [-0.25, -0.2) is 0 Å². The van der Waals surface area contributed by atoms with Crippen molar-refractivity contribution in [2.45, 2.75) is 32.5 Å². The third-order valence-corrected chi connectivity index (χ3v) is 6.20. The summed E-state index contributed by atoms with van der Waals surface area (Å²) in [7, 11) is 0. The molecule has 7 nitrogen and oxygen atoms in total. The average Bonchev–Trinajstić information content (AvgIpc) is 3.16. The third-order valence-electron chi connectivity index (χ3n) is 6.20. The average molecular weight is 404 g/mol. The molecule has 154 valence electrons. The lowest BCUT2D eigenvalue weighted by molar-refractivity contribution is -0.143. The van der Waals surface area contributed by atoms with Crippen LogP contribution in [0.4, 0.5) is 0 Å². The van der Waals surface area contributed by atoms with Crippen molar-refractivity contribution in [3.63, 3.8) is 0 Å². The van der Waals surface area contributed by atoms with E-state index in [1.807, 2.05) is 37.3 Å². The molecule has 2 aromatic carbocycles. The van der Waals surface area contributed by atoms with Crippen LogP contribution in [0.3, 0.4) is 0 Å². The fourth-order valence-electron chi connectivity index (χ4n) is 4.85. The van der Waals surface area contributed by atoms with Crippen molar-refractivity contribution in [2.24, 2.45) is 17.6 Å². The zero-order valence-electron chi connectivity index (χ0n) is 16.9. The lowest BCUT2D eigenvalue weighted by Gasteiger charge is -2.31. The fraction of sp³-hybridized carbons (Fsp3) is 0.304. The minimum Gasteiger partial charge on any atom is -0.384 e. The molecule has 0 spiro atoms. The van der Waals surface area contributed by atoms with Crippen LogP contribution in [0.2, 0.25) is 0 Å². The van der Waals surface area contributed by atoms with Gasteiger partial charge in [0.05, 0.1) is 24.4 Å². The Morgan fingerprint density at radius 1 is 1.00 bits per heavy atom. The molecule has 3 amide bonds. The highest BCUT2D eigenvalue weighted by Crippen LogP contribution is 2.50. The van der Waals surface area contributed by atoms with Gasteiger partial charge in [-0.2, -0.15) is 0 Å². The molecule has 2 heterocycles. The zero-order valence-corrected chi connectivity index (χ0v) is 16.9. The van der Waals surface area contributed by atoms with E-state index in [-0.39, 0.29) is 36.1 Å². The Bertz CT molecular complexity index is 1020. The Labute approximate surface area is 175 Å². The number of hydrogen-bond donors (Lipinski definition) is 2. The van der Waals surface area contributed by atoms with E-state index in [9.17, 15) is 14.4 Å². The van der Waals surface area contributed by atoms with Crippen LogP contribution in [0.15, 0.2) is 54.6 Å². The number of hydrogen-bond acceptors (Lipinski definition) is 4. The number of rotatable bonds is 4. The van der Waals surface area contributed by atoms with Crippen molar-refractivity contribution in [2.75, 3.05) is 0 Å². The number of nitrogens with one attached hydrogen (secondary N) is 1. The molecule has 2 saturated heterocycles. The number of amides is 3. The molecule has 0 radical (unpaired) electrons. The number of nitrogens with zero attached hydrogens (tertiary/aromatic N) is 2. The quantitative estimate of drug-likeness (QED) is 0.462. The standard InChI is InChI=1S/C23H24N4O3/c1-13-18-19(23(30)26(22(18)29)12-15-6-4-3-5-7-15)20(27(13)14(2)28)16-8-10-17(11-9-16)21(24)25/h3-11,13,18-20H,12H2,1-2H3,(H3,24,25)/t13-,18-,19-,20-/m1/s1. The minimum absolute atomic E-state index is 0.0520. The smallest absolute Gasteiger partial charge is 0.235 e. The van der Waals surface area contributed by atoms with Crippen LogP contribution in [-0.2, 0) is 20.9 Å². The number of nitrogens with two attached hydrogens (primary N) is 1. The number of fused-ring (bicyclic) bond motifs is 1. The Morgan fingerprint density at radius 2 is 1.60 bits per heavy atom. The number of nitrogen functional groups attached to an aromatic ring is 1. The normalized spacial score (nSPS) is 25.5. The summed E-state index contributed by atoms with van der Waals surface area (Å²) in [4.78, 5) is 42.1. The molecule has 2 fully saturated rings. The van der Waals surface area contributed by atoms with E-state index in [0.29, 0.717) is 5.56 Å². The summed E-state index contributed by atoms with van der Waals surface area (Å²) >= 11 is 0. The molecule has 0 unspecified atom stereocenters. The molecule has 0 aliphatic carbocycles. The van der Waals surface area contributed by atoms with Crippen LogP contribution >= 0.6 is 0 Å². The Kier molecular flexibility index (Phi) is 4.89. The highest BCUT2D eigenvalue weighted by atomic mass is 16.2. The van der Waals surface area contributed by atoms with Crippen molar-refractivity contribution < 1.29 is 14.4 Å². The summed E-state index contributed by atoms with van der Waals surface area (Å²) in [6.45, 7) is 3.53. The number of benzene rings is 2. The molecule has 2 aliphatic rings. The number of carbonyl (C=O) groups excluding carboxylic acids is 3. The molecule has 0 bridgehead atoms. The number of amidine groups is 1. The van der Waals surface area contributed by atoms with Gasteiger partial charge in [-0.1, -0.05) is 54.6 Å². The molecule has 30 heavy (non-hydrogen) atoms. The second kappa shape index (κ2) is 7.40. The summed E-state index contributed by atoms with van der Waals surface area (Å²) in [6.07, 6.45) is 0. The first-order valence-electron chi connectivity index (χ1n) is 9.93. The monoisotopic (exact) mass is 404 g/mol. The fourth-order valence-corrected chi connectivity index (χ4v) is 4.85. The molecule has 4 atom stereocenters. The SMILES string of the molecule is CC(=O)N1[C@H](C)[C@H]2C(=O)N(Cc3ccccc3)C(=O)[C@H]2[C@H]1c1ccc(C(=N)N)cc1. The summed E-state index contributed by atoms with van der Waals surface area (Å²) in [6, 6.07) is 15.5. The highest BCUT2D eigenvalue weighted by molar-refractivity contribution is 6.07. The van der Waals surface area contributed by atoms with E-state index in [4.69, 9.17) is 11.1 Å². The van der Waals surface area contributed by atoms with Crippen molar-refractivity contribution >= 4 is 23.6 Å². The lowest BCUT2D eigenvalue weighted by atomic mass is 9.86. The van der Waals surface area contributed by atoms with Gasteiger partial charge in [-0.3, -0.25) is 24.7 Å². The Hall–Kier alpha value is -3.48. The van der Waals surface area contributed by atoms with E-state index >= 15 is 0 Å². The van der Waals surface area contributed by atoms with Crippen LogP contribution in [0, 0.1) is 17.2 Å². The van der Waals surface area contributed by atoms with Gasteiger partial charge in [0.1, 0.15) is 5.84 Å². The van der Waals surface area contributed by atoms with Crippen LogP contribution in [-0.4, -0.2) is 39.4 Å². The van der Waals surface area contributed by atoms with Crippen LogP contribution in [0.25, 0.3) is 0 Å².